The van der Waals surface area contributed by atoms with Gasteiger partial charge in [-0.15, -0.1) is 0 Å². The summed E-state index contributed by atoms with van der Waals surface area (Å²) in [5.74, 6) is 0.0843. The summed E-state index contributed by atoms with van der Waals surface area (Å²) in [6, 6.07) is 0.292. The van der Waals surface area contributed by atoms with Crippen LogP contribution >= 0.6 is 0 Å². The quantitative estimate of drug-likeness (QED) is 0.806. The Kier molecular flexibility index (Phi) is 4.14. The minimum Gasteiger partial charge on any atom is -0.352 e. The molecular formula is C12H20N4O. The van der Waals surface area contributed by atoms with E-state index in [0.717, 1.165) is 12.8 Å². The predicted octanol–water partition coefficient (Wildman–Crippen LogP) is 0.659. The molecule has 0 aliphatic heterocycles. The summed E-state index contributed by atoms with van der Waals surface area (Å²) in [6.07, 6.45) is 10.2. The van der Waals surface area contributed by atoms with Crippen LogP contribution in [0.3, 0.4) is 0 Å². The Labute approximate surface area is 101 Å². The number of nitrogens with zero attached hydrogens (tertiary/aromatic N) is 2. The maximum Gasteiger partial charge on any atom is 0.222 e. The second kappa shape index (κ2) is 5.82. The number of imidazole rings is 1. The molecule has 5 nitrogen and oxygen atoms in total. The first-order chi connectivity index (χ1) is 8.25. The van der Waals surface area contributed by atoms with Gasteiger partial charge in [0.2, 0.25) is 5.91 Å². The molecule has 1 aromatic rings. The molecule has 1 aliphatic rings. The number of nitrogens with one attached hydrogen (secondary N) is 1. The van der Waals surface area contributed by atoms with Crippen molar-refractivity contribution in [3.05, 3.63) is 18.7 Å². The molecule has 0 aromatic carbocycles. The van der Waals surface area contributed by atoms with Crippen molar-refractivity contribution < 1.29 is 4.79 Å². The van der Waals surface area contributed by atoms with Crippen molar-refractivity contribution in [1.29, 1.82) is 0 Å². The number of hydrogen-bond acceptors (Lipinski definition) is 3. The van der Waals surface area contributed by atoms with E-state index >= 15 is 0 Å². The fourth-order valence-electron chi connectivity index (χ4n) is 2.27. The highest BCUT2D eigenvalue weighted by Gasteiger charge is 2.22. The number of carbonyl (C=O) groups excluding carboxylic acids is 1. The SMILES string of the molecule is NC1CCCCC1NC(=O)CCn1ccnc1. The van der Waals surface area contributed by atoms with Crippen LogP contribution in [-0.4, -0.2) is 27.5 Å². The zero-order chi connectivity index (χ0) is 12.1. The lowest BCUT2D eigenvalue weighted by Gasteiger charge is -2.29. The van der Waals surface area contributed by atoms with Crippen LogP contribution < -0.4 is 11.1 Å². The van der Waals surface area contributed by atoms with Crippen LogP contribution in [0.15, 0.2) is 18.7 Å². The van der Waals surface area contributed by atoms with Crippen molar-refractivity contribution in [3.8, 4) is 0 Å². The molecule has 2 rings (SSSR count). The predicted molar refractivity (Wildman–Crippen MR) is 65.2 cm³/mol. The number of hydrogen-bond donors (Lipinski definition) is 2. The molecule has 94 valence electrons. The average Bonchev–Trinajstić information content (AvgIpc) is 2.82. The van der Waals surface area contributed by atoms with Crippen molar-refractivity contribution in [3.63, 3.8) is 0 Å². The van der Waals surface area contributed by atoms with Gasteiger partial charge in [-0.3, -0.25) is 4.79 Å². The fraction of sp³-hybridized carbons (Fsp3) is 0.667. The van der Waals surface area contributed by atoms with Crippen LogP contribution in [0.4, 0.5) is 0 Å². The normalized spacial score (nSPS) is 24.5. The van der Waals surface area contributed by atoms with E-state index in [2.05, 4.69) is 10.3 Å². The minimum atomic E-state index is 0.0843. The minimum absolute atomic E-state index is 0.0843. The molecule has 2 atom stereocenters. The Morgan fingerprint density at radius 2 is 2.29 bits per heavy atom. The van der Waals surface area contributed by atoms with E-state index in [0.29, 0.717) is 13.0 Å². The van der Waals surface area contributed by atoms with Gasteiger partial charge in [0.05, 0.1) is 6.33 Å². The Hall–Kier alpha value is -1.36. The fourth-order valence-corrected chi connectivity index (χ4v) is 2.27. The monoisotopic (exact) mass is 236 g/mol. The first-order valence-corrected chi connectivity index (χ1v) is 6.26. The highest BCUT2D eigenvalue weighted by molar-refractivity contribution is 5.76. The van der Waals surface area contributed by atoms with Gasteiger partial charge in [0.25, 0.3) is 0 Å². The van der Waals surface area contributed by atoms with E-state index in [-0.39, 0.29) is 18.0 Å². The van der Waals surface area contributed by atoms with Crippen molar-refractivity contribution in [2.75, 3.05) is 0 Å². The summed E-state index contributed by atoms with van der Waals surface area (Å²) in [7, 11) is 0. The van der Waals surface area contributed by atoms with Gasteiger partial charge < -0.3 is 15.6 Å². The Bertz CT molecular complexity index is 349. The third kappa shape index (κ3) is 3.56. The van der Waals surface area contributed by atoms with E-state index in [1.165, 1.54) is 12.8 Å². The second-order valence-corrected chi connectivity index (χ2v) is 4.67. The first-order valence-electron chi connectivity index (χ1n) is 6.26. The lowest BCUT2D eigenvalue weighted by Crippen LogP contribution is -2.49. The summed E-state index contributed by atoms with van der Waals surface area (Å²) < 4.78 is 1.90. The Balaban J connectivity index is 1.73. The van der Waals surface area contributed by atoms with Gasteiger partial charge in [0.15, 0.2) is 0 Å². The topological polar surface area (TPSA) is 72.9 Å². The first kappa shape index (κ1) is 12.1. The van der Waals surface area contributed by atoms with Crippen LogP contribution in [0.1, 0.15) is 32.1 Å². The van der Waals surface area contributed by atoms with Crippen molar-refractivity contribution in [2.24, 2.45) is 5.73 Å². The van der Waals surface area contributed by atoms with E-state index in [1.54, 1.807) is 12.5 Å². The number of aromatic nitrogens is 2. The third-order valence-electron chi connectivity index (χ3n) is 3.32. The lowest BCUT2D eigenvalue weighted by molar-refractivity contribution is -0.122. The summed E-state index contributed by atoms with van der Waals surface area (Å²) >= 11 is 0. The second-order valence-electron chi connectivity index (χ2n) is 4.67. The highest BCUT2D eigenvalue weighted by Crippen LogP contribution is 2.16. The number of rotatable bonds is 4. The maximum atomic E-state index is 11.8. The van der Waals surface area contributed by atoms with Gasteiger partial charge in [-0.25, -0.2) is 4.98 Å². The highest BCUT2D eigenvalue weighted by atomic mass is 16.1. The van der Waals surface area contributed by atoms with E-state index in [4.69, 9.17) is 5.73 Å². The summed E-state index contributed by atoms with van der Waals surface area (Å²) in [5, 5.41) is 3.03. The molecule has 3 N–H and O–H groups in total. The molecule has 0 spiro atoms. The van der Waals surface area contributed by atoms with Crippen LogP contribution in [0, 0.1) is 0 Å². The van der Waals surface area contributed by atoms with Crippen LogP contribution in [-0.2, 0) is 11.3 Å². The zero-order valence-electron chi connectivity index (χ0n) is 10.0. The molecule has 1 amide bonds. The molecular weight excluding hydrogens is 216 g/mol. The summed E-state index contributed by atoms with van der Waals surface area (Å²) in [6.45, 7) is 0.674. The molecule has 1 aromatic heterocycles. The third-order valence-corrected chi connectivity index (χ3v) is 3.32. The van der Waals surface area contributed by atoms with E-state index in [1.807, 2.05) is 10.8 Å². The molecule has 1 fully saturated rings. The van der Waals surface area contributed by atoms with Crippen molar-refractivity contribution in [2.45, 2.75) is 50.7 Å². The lowest BCUT2D eigenvalue weighted by atomic mass is 9.91. The van der Waals surface area contributed by atoms with Gasteiger partial charge >= 0.3 is 0 Å². The van der Waals surface area contributed by atoms with E-state index in [9.17, 15) is 4.79 Å². The zero-order valence-corrected chi connectivity index (χ0v) is 10.0. The largest absolute Gasteiger partial charge is 0.352 e. The molecule has 0 saturated heterocycles. The maximum absolute atomic E-state index is 11.8. The standard InChI is InChI=1S/C12H20N4O/c13-10-3-1-2-4-11(10)15-12(17)5-7-16-8-6-14-9-16/h6,8-11H,1-5,7,13H2,(H,15,17). The van der Waals surface area contributed by atoms with Gasteiger partial charge in [-0.05, 0) is 12.8 Å². The number of carbonyl (C=O) groups is 1. The summed E-state index contributed by atoms with van der Waals surface area (Å²) in [5.41, 5.74) is 5.99. The molecule has 1 saturated carbocycles. The van der Waals surface area contributed by atoms with Gasteiger partial charge in [-0.2, -0.15) is 0 Å². The molecule has 0 radical (unpaired) electrons. The molecule has 5 heteroatoms. The Morgan fingerprint density at radius 1 is 1.47 bits per heavy atom. The molecule has 17 heavy (non-hydrogen) atoms. The average molecular weight is 236 g/mol. The number of aryl methyl sites for hydroxylation is 1. The van der Waals surface area contributed by atoms with Gasteiger partial charge in [0, 0.05) is 37.4 Å². The van der Waals surface area contributed by atoms with Crippen LogP contribution in [0.25, 0.3) is 0 Å². The molecule has 0 bridgehead atoms. The van der Waals surface area contributed by atoms with Crippen LogP contribution in [0.5, 0.6) is 0 Å². The van der Waals surface area contributed by atoms with E-state index < -0.39 is 0 Å². The number of amides is 1. The molecule has 2 unspecified atom stereocenters. The Morgan fingerprint density at radius 3 is 3.00 bits per heavy atom. The number of nitrogens with two attached hydrogens (primary N) is 1. The van der Waals surface area contributed by atoms with Gasteiger partial charge in [-0.1, -0.05) is 12.8 Å². The summed E-state index contributed by atoms with van der Waals surface area (Å²) in [4.78, 5) is 15.7. The van der Waals surface area contributed by atoms with Crippen molar-refractivity contribution in [1.82, 2.24) is 14.9 Å². The smallest absolute Gasteiger partial charge is 0.222 e. The van der Waals surface area contributed by atoms with Crippen molar-refractivity contribution >= 4 is 5.91 Å². The van der Waals surface area contributed by atoms with Gasteiger partial charge in [0.1, 0.15) is 0 Å². The van der Waals surface area contributed by atoms with Crippen LogP contribution in [0.2, 0.25) is 0 Å². The molecule has 1 heterocycles. The molecule has 1 aliphatic carbocycles.